The Labute approximate surface area is 299 Å². The molecule has 2 aromatic carbocycles. The Hall–Kier alpha value is -4.48. The number of hydrogen-bond donors (Lipinski definition) is 4. The Morgan fingerprint density at radius 1 is 1.08 bits per heavy atom. The van der Waals surface area contributed by atoms with Crippen LogP contribution >= 0.6 is 23.1 Å². The zero-order valence-electron chi connectivity index (χ0n) is 28.6. The third kappa shape index (κ3) is 11.0. The Morgan fingerprint density at radius 3 is 2.44 bits per heavy atom. The van der Waals surface area contributed by atoms with Crippen molar-refractivity contribution in [1.29, 1.82) is 5.41 Å². The lowest BCUT2D eigenvalue weighted by atomic mass is 9.98. The van der Waals surface area contributed by atoms with Gasteiger partial charge in [0, 0.05) is 24.7 Å². The highest BCUT2D eigenvalue weighted by Crippen LogP contribution is 2.40. The minimum absolute atomic E-state index is 0.0753. The normalized spacial score (nSPS) is 11.4. The molecule has 0 radical (unpaired) electrons. The number of esters is 1. The van der Waals surface area contributed by atoms with E-state index in [1.165, 1.54) is 30.3 Å². The number of amidine groups is 1. The van der Waals surface area contributed by atoms with Crippen LogP contribution in [-0.2, 0) is 24.1 Å². The van der Waals surface area contributed by atoms with Crippen LogP contribution in [0.5, 0.6) is 0 Å². The van der Waals surface area contributed by atoms with E-state index in [1.54, 1.807) is 53.0 Å². The molecule has 0 unspecified atom stereocenters. The predicted molar refractivity (Wildman–Crippen MR) is 193 cm³/mol. The van der Waals surface area contributed by atoms with E-state index >= 15 is 0 Å². The molecule has 3 amide bonds. The zero-order valence-corrected chi connectivity index (χ0v) is 31.1. The van der Waals surface area contributed by atoms with Crippen LogP contribution in [0.25, 0.3) is 11.1 Å². The number of ether oxygens (including phenoxy) is 2. The Kier molecular flexibility index (Phi) is 13.9. The van der Waals surface area contributed by atoms with Crippen LogP contribution in [0, 0.1) is 22.4 Å². The van der Waals surface area contributed by atoms with E-state index < -0.39 is 32.5 Å². The summed E-state index contributed by atoms with van der Waals surface area (Å²) in [6, 6.07) is 9.29. The number of unbranched alkanes of at least 4 members (excludes halogenated alkanes) is 2. The van der Waals surface area contributed by atoms with Crippen molar-refractivity contribution in [3.8, 4) is 11.1 Å². The van der Waals surface area contributed by atoms with Gasteiger partial charge in [0.25, 0.3) is 5.69 Å². The Balaban J connectivity index is 1.82. The minimum atomic E-state index is -4.18. The number of alkyl carbamates (subject to hydrolysis) is 1. The predicted octanol–water partition coefficient (Wildman–Crippen LogP) is 7.28. The van der Waals surface area contributed by atoms with Crippen molar-refractivity contribution in [2.75, 3.05) is 24.7 Å². The fourth-order valence-corrected chi connectivity index (χ4v) is 8.71. The van der Waals surface area contributed by atoms with E-state index in [4.69, 9.17) is 14.9 Å². The van der Waals surface area contributed by atoms with Crippen molar-refractivity contribution >= 4 is 68.2 Å². The number of nitro groups is 1. The fourth-order valence-electron chi connectivity index (χ4n) is 4.77. The molecule has 17 heteroatoms. The molecule has 14 nitrogen and oxygen atoms in total. The molecule has 0 aliphatic rings. The number of rotatable bonds is 14. The van der Waals surface area contributed by atoms with Crippen molar-refractivity contribution in [3.63, 3.8) is 0 Å². The number of carbonyl (C=O) groups is 3. The maximum absolute atomic E-state index is 13.9. The number of thiophene rings is 1. The molecule has 270 valence electrons. The molecule has 0 aliphatic heterocycles. The molecule has 0 fully saturated rings. The molecule has 50 heavy (non-hydrogen) atoms. The number of thioether (sulfide) groups is 1. The summed E-state index contributed by atoms with van der Waals surface area (Å²) in [5, 5.41) is 28.2. The van der Waals surface area contributed by atoms with Gasteiger partial charge in [-0.25, -0.2) is 18.0 Å². The molecule has 1 aromatic heterocycles. The number of aryl methyl sites for hydroxylation is 1. The largest absolute Gasteiger partial charge is 0.466 e. The first-order valence-electron chi connectivity index (χ1n) is 15.6. The molecule has 1 heterocycles. The second-order valence-electron chi connectivity index (χ2n) is 11.9. The van der Waals surface area contributed by atoms with E-state index in [0.717, 1.165) is 23.1 Å². The quantitative estimate of drug-likeness (QED) is 0.0246. The molecule has 3 aromatic rings. The maximum atomic E-state index is 13.9. The van der Waals surface area contributed by atoms with Crippen molar-refractivity contribution in [3.05, 3.63) is 63.0 Å². The second kappa shape index (κ2) is 17.4. The SMILES string of the molecule is CCOC(=O)CCCCCNC(=O)Nc1cc(C)c(-c2cccc(S(=O)(=O)c3cc(C(=N)NC(=O)OC(C)(C)C)sc3SC)c2)c([N+](=O)[O-])c1. The summed E-state index contributed by atoms with van der Waals surface area (Å²) in [4.78, 5) is 47.7. The Bertz CT molecular complexity index is 1870. The zero-order chi connectivity index (χ0) is 37.2. The number of sulfone groups is 1. The summed E-state index contributed by atoms with van der Waals surface area (Å²) < 4.78 is 38.3. The van der Waals surface area contributed by atoms with Crippen LogP contribution in [0.15, 0.2) is 56.5 Å². The molecular formula is C33H41N5O9S3. The standard InChI is InChI=1S/C33H41N5O9S3/c1-7-46-27(39)14-9-8-10-15-35-31(40)36-22-16-20(2)28(24(18-22)38(42)43)21-12-11-13-23(17-21)50(44,45)26-19-25(49-30(26)48-6)29(34)37-32(41)47-33(3,4)5/h11-13,16-19H,7-10,14-15H2,1-6H3,(H2,34,37,41)(H2,35,36,40). The average molecular weight is 748 g/mol. The van der Waals surface area contributed by atoms with E-state index in [2.05, 4.69) is 16.0 Å². The molecule has 0 aliphatic carbocycles. The van der Waals surface area contributed by atoms with Gasteiger partial charge >= 0.3 is 18.1 Å². The first-order chi connectivity index (χ1) is 23.5. The number of nitrogens with zero attached hydrogens (tertiary/aromatic N) is 1. The molecule has 0 atom stereocenters. The smallest absolute Gasteiger partial charge is 0.413 e. The molecule has 0 saturated heterocycles. The maximum Gasteiger partial charge on any atom is 0.413 e. The summed E-state index contributed by atoms with van der Waals surface area (Å²) in [5.74, 6) is -0.587. The molecular weight excluding hydrogens is 707 g/mol. The first kappa shape index (κ1) is 40.0. The number of nitro benzene ring substituents is 1. The first-order valence-corrected chi connectivity index (χ1v) is 19.1. The number of amides is 3. The third-order valence-corrected chi connectivity index (χ3v) is 11.2. The van der Waals surface area contributed by atoms with Crippen LogP contribution in [0.4, 0.5) is 21.0 Å². The Morgan fingerprint density at radius 2 is 1.80 bits per heavy atom. The highest BCUT2D eigenvalue weighted by Gasteiger charge is 2.28. The van der Waals surface area contributed by atoms with E-state index in [9.17, 15) is 32.9 Å². The molecule has 4 N–H and O–H groups in total. The number of carbonyl (C=O) groups excluding carboxylic acids is 3. The van der Waals surface area contributed by atoms with Gasteiger partial charge in [-0.05, 0) is 89.1 Å². The van der Waals surface area contributed by atoms with Gasteiger partial charge in [-0.3, -0.25) is 25.6 Å². The number of benzene rings is 2. The third-order valence-electron chi connectivity index (χ3n) is 6.86. The highest BCUT2D eigenvalue weighted by molar-refractivity contribution is 8.01. The molecule has 0 spiro atoms. The van der Waals surface area contributed by atoms with Gasteiger partial charge in [-0.2, -0.15) is 0 Å². The molecule has 0 bridgehead atoms. The van der Waals surface area contributed by atoms with Gasteiger partial charge in [0.05, 0.1) is 36.0 Å². The molecule has 0 saturated carbocycles. The summed E-state index contributed by atoms with van der Waals surface area (Å²) in [7, 11) is -4.18. The number of urea groups is 1. The van der Waals surface area contributed by atoms with E-state index in [1.807, 2.05) is 0 Å². The van der Waals surface area contributed by atoms with Crippen LogP contribution in [0.2, 0.25) is 0 Å². The van der Waals surface area contributed by atoms with Crippen LogP contribution in [-0.4, -0.2) is 62.3 Å². The monoisotopic (exact) mass is 747 g/mol. The van der Waals surface area contributed by atoms with Crippen LogP contribution in [0.1, 0.15) is 63.8 Å². The lowest BCUT2D eigenvalue weighted by Gasteiger charge is -2.19. The van der Waals surface area contributed by atoms with Crippen LogP contribution < -0.4 is 16.0 Å². The lowest BCUT2D eigenvalue weighted by Crippen LogP contribution is -2.36. The van der Waals surface area contributed by atoms with Crippen molar-refractivity contribution < 1.29 is 37.2 Å². The van der Waals surface area contributed by atoms with Crippen LogP contribution in [0.3, 0.4) is 0 Å². The van der Waals surface area contributed by atoms with Crippen molar-refractivity contribution in [1.82, 2.24) is 10.6 Å². The van der Waals surface area contributed by atoms with Gasteiger partial charge in [-0.1, -0.05) is 18.6 Å². The van der Waals surface area contributed by atoms with Gasteiger partial charge in [0.2, 0.25) is 9.84 Å². The minimum Gasteiger partial charge on any atom is -0.466 e. The van der Waals surface area contributed by atoms with Crippen molar-refractivity contribution in [2.45, 2.75) is 79.9 Å². The summed E-state index contributed by atoms with van der Waals surface area (Å²) in [6.07, 6.45) is 3.10. The lowest BCUT2D eigenvalue weighted by molar-refractivity contribution is -0.384. The average Bonchev–Trinajstić information content (AvgIpc) is 3.47. The van der Waals surface area contributed by atoms with Gasteiger partial charge in [-0.15, -0.1) is 23.1 Å². The number of nitrogens with one attached hydrogen (secondary N) is 4. The summed E-state index contributed by atoms with van der Waals surface area (Å²) in [5.41, 5.74) is -0.0734. The topological polar surface area (TPSA) is 207 Å². The second-order valence-corrected chi connectivity index (χ2v) is 16.0. The van der Waals surface area contributed by atoms with Crippen molar-refractivity contribution in [2.24, 2.45) is 0 Å². The molecule has 3 rings (SSSR count). The van der Waals surface area contributed by atoms with Gasteiger partial charge < -0.3 is 20.1 Å². The highest BCUT2D eigenvalue weighted by atomic mass is 32.2. The van der Waals surface area contributed by atoms with Gasteiger partial charge in [0.1, 0.15) is 11.4 Å². The summed E-state index contributed by atoms with van der Waals surface area (Å²) >= 11 is 2.18. The van der Waals surface area contributed by atoms with Gasteiger partial charge in [0.15, 0.2) is 0 Å². The fraction of sp³-hybridized carbons (Fsp3) is 0.394. The van der Waals surface area contributed by atoms with E-state index in [0.29, 0.717) is 48.6 Å². The summed E-state index contributed by atoms with van der Waals surface area (Å²) in [6.45, 7) is 9.05. The number of anilines is 1. The van der Waals surface area contributed by atoms with E-state index in [-0.39, 0.29) is 49.0 Å². The number of hydrogen-bond acceptors (Lipinski definition) is 12.